The van der Waals surface area contributed by atoms with Crippen LogP contribution in [0.4, 0.5) is 4.79 Å². The van der Waals surface area contributed by atoms with E-state index < -0.39 is 23.2 Å². The van der Waals surface area contributed by atoms with Gasteiger partial charge in [0.05, 0.1) is 4.91 Å². The number of thioether (sulfide) groups is 1. The van der Waals surface area contributed by atoms with Crippen molar-refractivity contribution in [3.63, 3.8) is 0 Å². The largest absolute Gasteiger partial charge is 0.508 e. The number of hydrogen-bond acceptors (Lipinski definition) is 5. The van der Waals surface area contributed by atoms with Crippen molar-refractivity contribution in [2.45, 2.75) is 13.0 Å². The van der Waals surface area contributed by atoms with Crippen LogP contribution in [0.5, 0.6) is 5.75 Å². The van der Waals surface area contributed by atoms with Crippen molar-refractivity contribution in [2.75, 3.05) is 0 Å². The van der Waals surface area contributed by atoms with E-state index in [1.54, 1.807) is 12.1 Å². The maximum absolute atomic E-state index is 12.0. The van der Waals surface area contributed by atoms with Crippen LogP contribution in [0.25, 0.3) is 6.08 Å². The molecule has 104 valence electrons. The summed E-state index contributed by atoms with van der Waals surface area (Å²) in [6, 6.07) is 4.88. The zero-order chi connectivity index (χ0) is 14.9. The third kappa shape index (κ3) is 2.67. The van der Waals surface area contributed by atoms with Gasteiger partial charge in [-0.3, -0.25) is 14.5 Å². The molecule has 0 saturated carbocycles. The number of phenolic OH excluding ortho intramolecular Hbond substituents is 1. The van der Waals surface area contributed by atoms with Crippen molar-refractivity contribution in [3.8, 4) is 5.75 Å². The first kappa shape index (κ1) is 14.1. The summed E-state index contributed by atoms with van der Waals surface area (Å²) >= 11 is 0.699. The van der Waals surface area contributed by atoms with Gasteiger partial charge in [-0.2, -0.15) is 0 Å². The van der Waals surface area contributed by atoms with E-state index >= 15 is 0 Å². The van der Waals surface area contributed by atoms with Gasteiger partial charge in [-0.1, -0.05) is 12.1 Å². The van der Waals surface area contributed by atoms with Gasteiger partial charge in [0.1, 0.15) is 11.8 Å². The smallest absolute Gasteiger partial charge is 0.326 e. The minimum Gasteiger partial charge on any atom is -0.508 e. The van der Waals surface area contributed by atoms with Crippen molar-refractivity contribution in [3.05, 3.63) is 34.7 Å². The Balaban J connectivity index is 2.28. The zero-order valence-electron chi connectivity index (χ0n) is 10.4. The van der Waals surface area contributed by atoms with Gasteiger partial charge in [0.25, 0.3) is 11.1 Å². The number of phenols is 1. The Bertz CT molecular complexity index is 608. The lowest BCUT2D eigenvalue weighted by molar-refractivity contribution is -0.145. The molecule has 0 bridgehead atoms. The molecular formula is C13H11NO5S. The van der Waals surface area contributed by atoms with Crippen LogP contribution in [0.1, 0.15) is 12.5 Å². The standard InChI is InChI=1S/C13H11NO5S/c1-7(12(17)18)14-11(16)10(20-13(14)19)6-8-2-4-9(15)5-3-8/h2-7,15H,1H3,(H,17,18)/b10-6+. The van der Waals surface area contributed by atoms with E-state index in [1.807, 2.05) is 0 Å². The Morgan fingerprint density at radius 1 is 1.30 bits per heavy atom. The van der Waals surface area contributed by atoms with Gasteiger partial charge in [0.2, 0.25) is 0 Å². The Labute approximate surface area is 118 Å². The summed E-state index contributed by atoms with van der Waals surface area (Å²) in [6.07, 6.45) is 1.49. The molecule has 20 heavy (non-hydrogen) atoms. The average Bonchev–Trinajstić information content (AvgIpc) is 2.66. The summed E-state index contributed by atoms with van der Waals surface area (Å²) in [5.74, 6) is -1.77. The third-order valence-electron chi connectivity index (χ3n) is 2.76. The van der Waals surface area contributed by atoms with Crippen LogP contribution < -0.4 is 0 Å². The molecule has 6 nitrogen and oxygen atoms in total. The number of aromatic hydroxyl groups is 1. The van der Waals surface area contributed by atoms with Crippen molar-refractivity contribution in [1.82, 2.24) is 4.90 Å². The second kappa shape index (κ2) is 5.38. The lowest BCUT2D eigenvalue weighted by Crippen LogP contribution is -2.41. The molecule has 1 fully saturated rings. The minimum atomic E-state index is -1.24. The van der Waals surface area contributed by atoms with E-state index in [0.29, 0.717) is 17.3 Å². The molecule has 1 aromatic rings. The molecule has 1 heterocycles. The quantitative estimate of drug-likeness (QED) is 0.826. The Kier molecular flexibility index (Phi) is 3.80. The molecule has 1 unspecified atom stereocenters. The van der Waals surface area contributed by atoms with E-state index in [9.17, 15) is 14.4 Å². The van der Waals surface area contributed by atoms with Crippen LogP contribution in [-0.2, 0) is 9.59 Å². The number of hydrogen-bond donors (Lipinski definition) is 2. The first-order chi connectivity index (χ1) is 9.40. The SMILES string of the molecule is CC(C(=O)O)N1C(=O)S/C(=C/c2ccc(O)cc2)C1=O. The number of rotatable bonds is 3. The van der Waals surface area contributed by atoms with E-state index in [2.05, 4.69) is 0 Å². The highest BCUT2D eigenvalue weighted by Gasteiger charge is 2.40. The second-order valence-corrected chi connectivity index (χ2v) is 5.15. The molecule has 2 amide bonds. The van der Waals surface area contributed by atoms with Gasteiger partial charge in [-0.05, 0) is 42.5 Å². The van der Waals surface area contributed by atoms with Crippen LogP contribution in [0.2, 0.25) is 0 Å². The number of carboxylic acid groups (broad SMARTS) is 1. The number of imide groups is 1. The summed E-state index contributed by atoms with van der Waals surface area (Å²) in [5.41, 5.74) is 0.635. The molecule has 0 radical (unpaired) electrons. The van der Waals surface area contributed by atoms with Crippen LogP contribution >= 0.6 is 11.8 Å². The molecule has 2 N–H and O–H groups in total. The van der Waals surface area contributed by atoms with E-state index in [-0.39, 0.29) is 10.7 Å². The van der Waals surface area contributed by atoms with Crippen molar-refractivity contribution in [2.24, 2.45) is 0 Å². The molecule has 0 aliphatic carbocycles. The van der Waals surface area contributed by atoms with Gasteiger partial charge in [0, 0.05) is 0 Å². The summed E-state index contributed by atoms with van der Waals surface area (Å²) < 4.78 is 0. The van der Waals surface area contributed by atoms with Gasteiger partial charge in [-0.15, -0.1) is 0 Å². The zero-order valence-corrected chi connectivity index (χ0v) is 11.3. The summed E-state index contributed by atoms with van der Waals surface area (Å²) in [4.78, 5) is 35.5. The highest BCUT2D eigenvalue weighted by Crippen LogP contribution is 2.33. The van der Waals surface area contributed by atoms with Gasteiger partial charge >= 0.3 is 5.97 Å². The molecule has 1 aliphatic rings. The van der Waals surface area contributed by atoms with Crippen LogP contribution in [0.15, 0.2) is 29.2 Å². The summed E-state index contributed by atoms with van der Waals surface area (Å²) in [6.45, 7) is 1.28. The molecular weight excluding hydrogens is 282 g/mol. The monoisotopic (exact) mass is 293 g/mol. The van der Waals surface area contributed by atoms with Crippen molar-refractivity contribution in [1.29, 1.82) is 0 Å². The topological polar surface area (TPSA) is 94.9 Å². The highest BCUT2D eigenvalue weighted by molar-refractivity contribution is 8.18. The minimum absolute atomic E-state index is 0.0924. The number of carboxylic acids is 1. The average molecular weight is 293 g/mol. The summed E-state index contributed by atoms with van der Waals surface area (Å²) in [7, 11) is 0. The predicted molar refractivity (Wildman–Crippen MR) is 73.0 cm³/mol. The Morgan fingerprint density at radius 2 is 1.90 bits per heavy atom. The van der Waals surface area contributed by atoms with Crippen molar-refractivity contribution >= 4 is 35.0 Å². The van der Waals surface area contributed by atoms with Crippen LogP contribution in [0, 0.1) is 0 Å². The molecule has 1 atom stereocenters. The number of carbonyl (C=O) groups excluding carboxylic acids is 2. The Morgan fingerprint density at radius 3 is 2.45 bits per heavy atom. The fourth-order valence-corrected chi connectivity index (χ4v) is 2.55. The van der Waals surface area contributed by atoms with Crippen LogP contribution in [-0.4, -0.2) is 38.3 Å². The number of aliphatic carboxylic acids is 1. The molecule has 0 spiro atoms. The van der Waals surface area contributed by atoms with Crippen LogP contribution in [0.3, 0.4) is 0 Å². The van der Waals surface area contributed by atoms with E-state index in [0.717, 1.165) is 4.90 Å². The molecule has 1 aliphatic heterocycles. The highest BCUT2D eigenvalue weighted by atomic mass is 32.2. The molecule has 2 rings (SSSR count). The number of nitrogens with zero attached hydrogens (tertiary/aromatic N) is 1. The predicted octanol–water partition coefficient (Wildman–Crippen LogP) is 1.90. The second-order valence-electron chi connectivity index (χ2n) is 4.16. The third-order valence-corrected chi connectivity index (χ3v) is 3.64. The fourth-order valence-electron chi connectivity index (χ4n) is 1.65. The lowest BCUT2D eigenvalue weighted by Gasteiger charge is -2.16. The van der Waals surface area contributed by atoms with Crippen molar-refractivity contribution < 1.29 is 24.6 Å². The first-order valence-corrected chi connectivity index (χ1v) is 6.50. The normalized spacial score (nSPS) is 18.6. The number of benzene rings is 1. The van der Waals surface area contributed by atoms with Gasteiger partial charge in [0.15, 0.2) is 0 Å². The maximum Gasteiger partial charge on any atom is 0.326 e. The Hall–Kier alpha value is -2.28. The molecule has 1 saturated heterocycles. The number of amides is 2. The van der Waals surface area contributed by atoms with Gasteiger partial charge in [-0.25, -0.2) is 4.79 Å². The maximum atomic E-state index is 12.0. The number of carbonyl (C=O) groups is 3. The fraction of sp³-hybridized carbons (Fsp3) is 0.154. The first-order valence-electron chi connectivity index (χ1n) is 5.69. The van der Waals surface area contributed by atoms with E-state index in [4.69, 9.17) is 10.2 Å². The van der Waals surface area contributed by atoms with E-state index in [1.165, 1.54) is 25.1 Å². The molecule has 7 heteroatoms. The molecule has 0 aromatic heterocycles. The molecule has 1 aromatic carbocycles. The summed E-state index contributed by atoms with van der Waals surface area (Å²) in [5, 5.41) is 17.4. The lowest BCUT2D eigenvalue weighted by atomic mass is 10.2. The van der Waals surface area contributed by atoms with Gasteiger partial charge < -0.3 is 10.2 Å².